The Morgan fingerprint density at radius 1 is 1.00 bits per heavy atom. The van der Waals surface area contributed by atoms with E-state index in [2.05, 4.69) is 5.32 Å². The lowest BCUT2D eigenvalue weighted by Crippen LogP contribution is -2.36. The summed E-state index contributed by atoms with van der Waals surface area (Å²) >= 11 is 0. The van der Waals surface area contributed by atoms with Crippen LogP contribution in [0.15, 0.2) is 54.6 Å². The summed E-state index contributed by atoms with van der Waals surface area (Å²) in [6.07, 6.45) is 0.196. The first-order valence-electron chi connectivity index (χ1n) is 8.21. The van der Waals surface area contributed by atoms with E-state index in [4.69, 9.17) is 0 Å². The fourth-order valence-electron chi connectivity index (χ4n) is 2.72. The quantitative estimate of drug-likeness (QED) is 0.801. The molecular weight excluding hydrogens is 321 g/mol. The van der Waals surface area contributed by atoms with Crippen LogP contribution in [0.25, 0.3) is 0 Å². The molecule has 0 aromatic heterocycles. The van der Waals surface area contributed by atoms with Crippen LogP contribution in [-0.4, -0.2) is 17.0 Å². The Labute approximate surface area is 146 Å². The summed E-state index contributed by atoms with van der Waals surface area (Å²) in [5, 5.41) is 12.2. The van der Waals surface area contributed by atoms with E-state index in [0.717, 1.165) is 11.1 Å². The molecule has 0 saturated heterocycles. The highest BCUT2D eigenvalue weighted by Crippen LogP contribution is 2.24. The van der Waals surface area contributed by atoms with Gasteiger partial charge in [-0.25, -0.2) is 4.39 Å². The Balaban J connectivity index is 2.08. The number of carboxylic acids is 1. The number of benzene rings is 2. The third kappa shape index (κ3) is 5.14. The molecule has 2 aromatic carbocycles. The highest BCUT2D eigenvalue weighted by atomic mass is 19.1. The van der Waals surface area contributed by atoms with Crippen molar-refractivity contribution in [2.75, 3.05) is 0 Å². The lowest BCUT2D eigenvalue weighted by Gasteiger charge is -2.24. The summed E-state index contributed by atoms with van der Waals surface area (Å²) < 4.78 is 13.0. The van der Waals surface area contributed by atoms with E-state index in [-0.39, 0.29) is 24.1 Å². The number of amides is 1. The maximum absolute atomic E-state index is 13.0. The minimum Gasteiger partial charge on any atom is -0.481 e. The molecule has 0 heterocycles. The van der Waals surface area contributed by atoms with Gasteiger partial charge in [0.05, 0.1) is 12.0 Å². The van der Waals surface area contributed by atoms with Crippen LogP contribution in [0.3, 0.4) is 0 Å². The summed E-state index contributed by atoms with van der Waals surface area (Å²) in [5.74, 6) is -2.39. The van der Waals surface area contributed by atoms with Gasteiger partial charge in [0.15, 0.2) is 0 Å². The van der Waals surface area contributed by atoms with Crippen molar-refractivity contribution in [3.8, 4) is 0 Å². The molecule has 3 atom stereocenters. The molecule has 0 radical (unpaired) electrons. The Bertz CT molecular complexity index is 715. The van der Waals surface area contributed by atoms with Gasteiger partial charge in [-0.2, -0.15) is 0 Å². The van der Waals surface area contributed by atoms with Crippen molar-refractivity contribution in [3.05, 3.63) is 71.5 Å². The highest BCUT2D eigenvalue weighted by Gasteiger charge is 2.27. The Hall–Kier alpha value is -2.69. The molecular formula is C20H22FNO3. The van der Waals surface area contributed by atoms with Crippen molar-refractivity contribution in [1.82, 2.24) is 5.32 Å². The topological polar surface area (TPSA) is 66.4 Å². The van der Waals surface area contributed by atoms with Crippen molar-refractivity contribution in [2.24, 2.45) is 5.92 Å². The Kier molecular flexibility index (Phi) is 6.28. The molecule has 5 heteroatoms. The van der Waals surface area contributed by atoms with Gasteiger partial charge in [-0.3, -0.25) is 9.59 Å². The van der Waals surface area contributed by atoms with Crippen LogP contribution >= 0.6 is 0 Å². The first-order chi connectivity index (χ1) is 11.9. The lowest BCUT2D eigenvalue weighted by molar-refractivity contribution is -0.142. The number of hydrogen-bond donors (Lipinski definition) is 2. The number of aliphatic carboxylic acids is 1. The normalized spacial score (nSPS) is 14.4. The Morgan fingerprint density at radius 3 is 2.16 bits per heavy atom. The smallest absolute Gasteiger partial charge is 0.308 e. The second kappa shape index (κ2) is 8.42. The van der Waals surface area contributed by atoms with Crippen molar-refractivity contribution in [1.29, 1.82) is 0 Å². The van der Waals surface area contributed by atoms with Crippen LogP contribution in [0, 0.1) is 11.7 Å². The van der Waals surface area contributed by atoms with Crippen molar-refractivity contribution in [3.63, 3.8) is 0 Å². The first kappa shape index (κ1) is 18.6. The van der Waals surface area contributed by atoms with Crippen LogP contribution in [-0.2, 0) is 9.59 Å². The summed E-state index contributed by atoms with van der Waals surface area (Å²) in [6, 6.07) is 14.5. The van der Waals surface area contributed by atoms with E-state index < -0.39 is 17.9 Å². The molecule has 0 aliphatic carbocycles. The van der Waals surface area contributed by atoms with E-state index >= 15 is 0 Å². The van der Waals surface area contributed by atoms with E-state index in [1.165, 1.54) is 12.1 Å². The summed E-state index contributed by atoms with van der Waals surface area (Å²) in [6.45, 7) is 3.45. The van der Waals surface area contributed by atoms with Gasteiger partial charge < -0.3 is 10.4 Å². The zero-order valence-electron chi connectivity index (χ0n) is 14.3. The monoisotopic (exact) mass is 343 g/mol. The minimum absolute atomic E-state index is 0.0999. The van der Waals surface area contributed by atoms with Crippen LogP contribution in [0.4, 0.5) is 4.39 Å². The summed E-state index contributed by atoms with van der Waals surface area (Å²) in [4.78, 5) is 23.8. The zero-order valence-corrected chi connectivity index (χ0v) is 14.3. The van der Waals surface area contributed by atoms with Gasteiger partial charge in [0.25, 0.3) is 0 Å². The fourth-order valence-corrected chi connectivity index (χ4v) is 2.72. The molecule has 0 aliphatic rings. The first-order valence-corrected chi connectivity index (χ1v) is 8.21. The number of halogens is 1. The summed E-state index contributed by atoms with van der Waals surface area (Å²) in [7, 11) is 0. The molecule has 2 rings (SSSR count). The van der Waals surface area contributed by atoms with E-state index in [9.17, 15) is 19.1 Å². The number of hydrogen-bond acceptors (Lipinski definition) is 2. The van der Waals surface area contributed by atoms with Crippen molar-refractivity contribution < 1.29 is 19.1 Å². The molecule has 0 bridgehead atoms. The third-order valence-corrected chi connectivity index (χ3v) is 4.30. The molecule has 3 unspecified atom stereocenters. The predicted octanol–water partition coefficient (Wildman–Crippen LogP) is 3.90. The van der Waals surface area contributed by atoms with Crippen LogP contribution in [0.1, 0.15) is 43.4 Å². The van der Waals surface area contributed by atoms with Crippen molar-refractivity contribution in [2.45, 2.75) is 32.2 Å². The maximum atomic E-state index is 13.0. The lowest BCUT2D eigenvalue weighted by atomic mass is 9.93. The van der Waals surface area contributed by atoms with Crippen LogP contribution in [0.2, 0.25) is 0 Å². The molecule has 2 aromatic rings. The summed E-state index contributed by atoms with van der Waals surface area (Å²) in [5.41, 5.74) is 1.61. The van der Waals surface area contributed by atoms with Gasteiger partial charge in [0.1, 0.15) is 5.82 Å². The van der Waals surface area contributed by atoms with Crippen LogP contribution < -0.4 is 5.32 Å². The molecule has 1 amide bonds. The van der Waals surface area contributed by atoms with Gasteiger partial charge in [0, 0.05) is 6.42 Å². The van der Waals surface area contributed by atoms with Crippen molar-refractivity contribution >= 4 is 11.9 Å². The second-order valence-corrected chi connectivity index (χ2v) is 6.24. The minimum atomic E-state index is -0.972. The highest BCUT2D eigenvalue weighted by molar-refractivity contribution is 5.79. The third-order valence-electron chi connectivity index (χ3n) is 4.30. The zero-order chi connectivity index (χ0) is 18.4. The molecule has 0 saturated carbocycles. The van der Waals surface area contributed by atoms with Gasteiger partial charge >= 0.3 is 5.97 Å². The average molecular weight is 343 g/mol. The SMILES string of the molecule is CC(CC(=O)NC(c1ccccc1)C(C)C(=O)O)c1ccc(F)cc1. The molecule has 132 valence electrons. The van der Waals surface area contributed by atoms with E-state index in [0.29, 0.717) is 0 Å². The van der Waals surface area contributed by atoms with Gasteiger partial charge in [-0.1, -0.05) is 49.4 Å². The van der Waals surface area contributed by atoms with Gasteiger partial charge in [-0.05, 0) is 36.1 Å². The number of carbonyl (C=O) groups excluding carboxylic acids is 1. The number of rotatable bonds is 7. The van der Waals surface area contributed by atoms with Crippen LogP contribution in [0.5, 0.6) is 0 Å². The number of nitrogens with one attached hydrogen (secondary N) is 1. The van der Waals surface area contributed by atoms with Gasteiger partial charge in [0.2, 0.25) is 5.91 Å². The van der Waals surface area contributed by atoms with E-state index in [1.807, 2.05) is 25.1 Å². The second-order valence-electron chi connectivity index (χ2n) is 6.24. The largest absolute Gasteiger partial charge is 0.481 e. The number of carbonyl (C=O) groups is 2. The van der Waals surface area contributed by atoms with E-state index in [1.54, 1.807) is 31.2 Å². The fraction of sp³-hybridized carbons (Fsp3) is 0.300. The molecule has 0 spiro atoms. The van der Waals surface area contributed by atoms with Gasteiger partial charge in [-0.15, -0.1) is 0 Å². The molecule has 25 heavy (non-hydrogen) atoms. The molecule has 0 fully saturated rings. The number of carboxylic acid groups (broad SMARTS) is 1. The molecule has 4 nitrogen and oxygen atoms in total. The standard InChI is InChI=1S/C20H22FNO3/c1-13(15-8-10-17(21)11-9-15)12-18(23)22-19(14(2)20(24)25)16-6-4-3-5-7-16/h3-11,13-14,19H,12H2,1-2H3,(H,22,23)(H,24,25). The molecule has 0 aliphatic heterocycles. The average Bonchev–Trinajstić information content (AvgIpc) is 2.60. The molecule has 2 N–H and O–H groups in total. The maximum Gasteiger partial charge on any atom is 0.308 e. The Morgan fingerprint density at radius 2 is 1.60 bits per heavy atom. The predicted molar refractivity (Wildman–Crippen MR) is 93.6 cm³/mol.